The first-order chi connectivity index (χ1) is 16.9. The molecular weight excluding hydrogens is 535 g/mol. The van der Waals surface area contributed by atoms with Gasteiger partial charge in [0.05, 0.1) is 5.69 Å². The smallest absolute Gasteiger partial charge is 0.253 e. The molecule has 1 saturated heterocycles. The summed E-state index contributed by atoms with van der Waals surface area (Å²) >= 11 is 5.97. The lowest BCUT2D eigenvalue weighted by Gasteiger charge is -2.35. The molecule has 8 nitrogen and oxygen atoms in total. The summed E-state index contributed by atoms with van der Waals surface area (Å²) in [5.74, 6) is 0.577. The normalized spacial score (nSPS) is 13.0. The van der Waals surface area contributed by atoms with Crippen molar-refractivity contribution in [3.63, 3.8) is 0 Å². The van der Waals surface area contributed by atoms with Crippen molar-refractivity contribution in [1.29, 1.82) is 0 Å². The van der Waals surface area contributed by atoms with Gasteiger partial charge in [-0.05, 0) is 56.6 Å². The molecule has 1 aliphatic rings. The molecular formula is C26H31Cl3N6O2. The summed E-state index contributed by atoms with van der Waals surface area (Å²) in [5.41, 5.74) is 3.12. The Balaban J connectivity index is 0.00000241. The van der Waals surface area contributed by atoms with Crippen molar-refractivity contribution < 1.29 is 9.59 Å². The summed E-state index contributed by atoms with van der Waals surface area (Å²) in [6.45, 7) is 2.95. The highest BCUT2D eigenvalue weighted by atomic mass is 35.5. The van der Waals surface area contributed by atoms with Crippen LogP contribution in [0.3, 0.4) is 0 Å². The lowest BCUT2D eigenvalue weighted by molar-refractivity contribution is -0.132. The van der Waals surface area contributed by atoms with Gasteiger partial charge in [0.25, 0.3) is 5.91 Å². The van der Waals surface area contributed by atoms with Gasteiger partial charge >= 0.3 is 0 Å². The van der Waals surface area contributed by atoms with Gasteiger partial charge in [0.1, 0.15) is 0 Å². The topological polar surface area (TPSA) is 81.7 Å². The fourth-order valence-electron chi connectivity index (χ4n) is 3.84. The Hall–Kier alpha value is -2.91. The minimum absolute atomic E-state index is 0. The summed E-state index contributed by atoms with van der Waals surface area (Å²) in [7, 11) is 3.91. The number of nitrogens with zero attached hydrogens (tertiary/aromatic N) is 5. The predicted octanol–water partition coefficient (Wildman–Crippen LogP) is 4.62. The average molecular weight is 566 g/mol. The molecule has 0 bridgehead atoms. The molecule has 2 aromatic carbocycles. The van der Waals surface area contributed by atoms with Gasteiger partial charge in [-0.25, -0.2) is 9.97 Å². The van der Waals surface area contributed by atoms with E-state index in [2.05, 4.69) is 15.3 Å². The monoisotopic (exact) mass is 564 g/mol. The fourth-order valence-corrected chi connectivity index (χ4v) is 3.97. The molecule has 0 radical (unpaired) electrons. The third-order valence-corrected chi connectivity index (χ3v) is 6.13. The van der Waals surface area contributed by atoms with Crippen molar-refractivity contribution in [2.75, 3.05) is 52.1 Å². The molecule has 11 heteroatoms. The average Bonchev–Trinajstić information content (AvgIpc) is 2.88. The van der Waals surface area contributed by atoms with Crippen LogP contribution in [0.4, 0.5) is 11.6 Å². The molecule has 0 atom stereocenters. The van der Waals surface area contributed by atoms with E-state index in [1.54, 1.807) is 23.2 Å². The standard InChI is InChI=1S/C26H29ClN6O2.2ClH/c1-31(2)14-12-24(34)32-15-17-33(18-16-32)25(35)20-5-9-22(10-6-20)29-26-28-13-11-23(30-26)19-3-7-21(27)8-4-19;;/h3-11,13H,12,14-18H2,1-2H3,(H,28,29,30);2*1H. The minimum Gasteiger partial charge on any atom is -0.339 e. The molecule has 2 heterocycles. The number of rotatable bonds is 7. The van der Waals surface area contributed by atoms with E-state index in [4.69, 9.17) is 11.6 Å². The number of carbonyl (C=O) groups excluding carboxylic acids is 2. The number of carbonyl (C=O) groups is 2. The Bertz CT molecular complexity index is 1170. The summed E-state index contributed by atoms with van der Waals surface area (Å²) < 4.78 is 0. The Morgan fingerprint density at radius 2 is 1.54 bits per heavy atom. The number of hydrogen-bond donors (Lipinski definition) is 1. The van der Waals surface area contributed by atoms with Crippen LogP contribution in [0.15, 0.2) is 60.8 Å². The van der Waals surface area contributed by atoms with Crippen LogP contribution in [0.5, 0.6) is 0 Å². The largest absolute Gasteiger partial charge is 0.339 e. The summed E-state index contributed by atoms with van der Waals surface area (Å²) in [5, 5.41) is 3.86. The van der Waals surface area contributed by atoms with E-state index in [1.807, 2.05) is 66.4 Å². The van der Waals surface area contributed by atoms with Crippen LogP contribution >= 0.6 is 36.4 Å². The van der Waals surface area contributed by atoms with Crippen LogP contribution in [0.2, 0.25) is 5.02 Å². The number of halogens is 3. The van der Waals surface area contributed by atoms with Crippen molar-refractivity contribution in [2.45, 2.75) is 6.42 Å². The first-order valence-electron chi connectivity index (χ1n) is 11.6. The van der Waals surface area contributed by atoms with Gasteiger partial charge in [-0.2, -0.15) is 0 Å². The fraction of sp³-hybridized carbons (Fsp3) is 0.308. The van der Waals surface area contributed by atoms with Crippen LogP contribution in [0, 0.1) is 0 Å². The van der Waals surface area contributed by atoms with Crippen LogP contribution in [0.1, 0.15) is 16.8 Å². The van der Waals surface area contributed by atoms with Crippen LogP contribution in [-0.4, -0.2) is 83.3 Å². The molecule has 0 unspecified atom stereocenters. The number of piperazine rings is 1. The molecule has 1 fully saturated rings. The van der Waals surface area contributed by atoms with E-state index < -0.39 is 0 Å². The molecule has 0 spiro atoms. The Kier molecular flexibility index (Phi) is 11.6. The Morgan fingerprint density at radius 1 is 0.919 bits per heavy atom. The number of benzene rings is 2. The zero-order valence-electron chi connectivity index (χ0n) is 20.8. The van der Waals surface area contributed by atoms with Crippen molar-refractivity contribution in [2.24, 2.45) is 0 Å². The van der Waals surface area contributed by atoms with Gasteiger partial charge in [0.15, 0.2) is 0 Å². The highest BCUT2D eigenvalue weighted by Gasteiger charge is 2.24. The number of anilines is 2. The van der Waals surface area contributed by atoms with Gasteiger partial charge in [0.2, 0.25) is 11.9 Å². The lowest BCUT2D eigenvalue weighted by atomic mass is 10.1. The molecule has 1 N–H and O–H groups in total. The molecule has 1 aliphatic heterocycles. The number of nitrogens with one attached hydrogen (secondary N) is 1. The molecule has 37 heavy (non-hydrogen) atoms. The third kappa shape index (κ3) is 8.30. The van der Waals surface area contributed by atoms with E-state index in [1.165, 1.54) is 0 Å². The second-order valence-corrected chi connectivity index (χ2v) is 9.14. The van der Waals surface area contributed by atoms with Crippen molar-refractivity contribution >= 4 is 59.9 Å². The SMILES string of the molecule is CN(C)CCC(=O)N1CCN(C(=O)c2ccc(Nc3nccc(-c4ccc(Cl)cc4)n3)cc2)CC1.Cl.Cl. The predicted molar refractivity (Wildman–Crippen MR) is 152 cm³/mol. The lowest BCUT2D eigenvalue weighted by Crippen LogP contribution is -2.50. The van der Waals surface area contributed by atoms with Gasteiger partial charge in [0, 0.05) is 67.2 Å². The third-order valence-electron chi connectivity index (χ3n) is 5.88. The highest BCUT2D eigenvalue weighted by molar-refractivity contribution is 6.30. The van der Waals surface area contributed by atoms with E-state index in [0.29, 0.717) is 49.1 Å². The van der Waals surface area contributed by atoms with Gasteiger partial charge in [-0.3, -0.25) is 9.59 Å². The van der Waals surface area contributed by atoms with Crippen LogP contribution in [0.25, 0.3) is 11.3 Å². The molecule has 2 amide bonds. The van der Waals surface area contributed by atoms with Gasteiger partial charge in [-0.15, -0.1) is 24.8 Å². The van der Waals surface area contributed by atoms with E-state index in [9.17, 15) is 9.59 Å². The van der Waals surface area contributed by atoms with Crippen LogP contribution < -0.4 is 5.32 Å². The first-order valence-corrected chi connectivity index (χ1v) is 11.9. The number of aromatic nitrogens is 2. The molecule has 0 saturated carbocycles. The molecule has 1 aromatic heterocycles. The molecule has 3 aromatic rings. The van der Waals surface area contributed by atoms with Crippen molar-refractivity contribution in [1.82, 2.24) is 24.7 Å². The van der Waals surface area contributed by atoms with Gasteiger partial charge < -0.3 is 20.0 Å². The Labute approximate surface area is 234 Å². The summed E-state index contributed by atoms with van der Waals surface area (Å²) in [6, 6.07) is 16.6. The van der Waals surface area contributed by atoms with Crippen molar-refractivity contribution in [3.8, 4) is 11.3 Å². The van der Waals surface area contributed by atoms with E-state index >= 15 is 0 Å². The van der Waals surface area contributed by atoms with Gasteiger partial charge in [-0.1, -0.05) is 23.7 Å². The maximum absolute atomic E-state index is 12.9. The summed E-state index contributed by atoms with van der Waals surface area (Å²) in [6.07, 6.45) is 2.20. The maximum atomic E-state index is 12.9. The number of hydrogen-bond acceptors (Lipinski definition) is 6. The quantitative estimate of drug-likeness (QED) is 0.450. The second-order valence-electron chi connectivity index (χ2n) is 8.70. The highest BCUT2D eigenvalue weighted by Crippen LogP contribution is 2.22. The van der Waals surface area contributed by atoms with E-state index in [0.717, 1.165) is 23.5 Å². The molecule has 198 valence electrons. The second kappa shape index (κ2) is 14.1. The maximum Gasteiger partial charge on any atom is 0.253 e. The molecule has 4 rings (SSSR count). The zero-order chi connectivity index (χ0) is 24.8. The van der Waals surface area contributed by atoms with Crippen LogP contribution in [-0.2, 0) is 4.79 Å². The zero-order valence-corrected chi connectivity index (χ0v) is 23.2. The Morgan fingerprint density at radius 3 is 2.16 bits per heavy atom. The first kappa shape index (κ1) is 30.3. The van der Waals surface area contributed by atoms with E-state index in [-0.39, 0.29) is 36.6 Å². The molecule has 0 aliphatic carbocycles. The summed E-state index contributed by atoms with van der Waals surface area (Å²) in [4.78, 5) is 39.8. The van der Waals surface area contributed by atoms with Crippen molar-refractivity contribution in [3.05, 3.63) is 71.4 Å². The number of amides is 2. The minimum atomic E-state index is -0.0297.